The van der Waals surface area contributed by atoms with E-state index in [0.717, 1.165) is 22.7 Å². The molecule has 0 saturated heterocycles. The third-order valence-corrected chi connectivity index (χ3v) is 4.34. The van der Waals surface area contributed by atoms with Gasteiger partial charge in [-0.2, -0.15) is 0 Å². The number of aryl methyl sites for hydroxylation is 2. The maximum Gasteiger partial charge on any atom is 0.150 e. The molecule has 21 heavy (non-hydrogen) atoms. The van der Waals surface area contributed by atoms with Crippen LogP contribution in [-0.4, -0.2) is 16.3 Å². The highest BCUT2D eigenvalue weighted by Gasteiger charge is 2.14. The van der Waals surface area contributed by atoms with Crippen LogP contribution in [0.3, 0.4) is 0 Å². The van der Waals surface area contributed by atoms with Gasteiger partial charge in [0.1, 0.15) is 6.29 Å². The normalized spacial score (nSPS) is 11.5. The van der Waals surface area contributed by atoms with Crippen LogP contribution < -0.4 is 0 Å². The summed E-state index contributed by atoms with van der Waals surface area (Å²) < 4.78 is 0. The first-order chi connectivity index (χ1) is 10.2. The van der Waals surface area contributed by atoms with Crippen LogP contribution in [0.5, 0.6) is 0 Å². The Kier molecular flexibility index (Phi) is 2.39. The first kappa shape index (κ1) is 12.1. The van der Waals surface area contributed by atoms with Crippen molar-refractivity contribution >= 4 is 38.9 Å². The fourth-order valence-corrected chi connectivity index (χ4v) is 3.24. The van der Waals surface area contributed by atoms with Gasteiger partial charge in [0.2, 0.25) is 0 Å². The van der Waals surface area contributed by atoms with Gasteiger partial charge >= 0.3 is 0 Å². The summed E-state index contributed by atoms with van der Waals surface area (Å²) in [5, 5.41) is 4.69. The lowest BCUT2D eigenvalue weighted by molar-refractivity contribution is 0.112. The standard InChI is InChI=1S/C18H14N2O/c1-10-13-5-6-19-8-15(13)11(2)18-17(10)14-7-12(9-21)3-4-16(14)20-18/h3-9,20H,1-2H3. The van der Waals surface area contributed by atoms with Gasteiger partial charge < -0.3 is 4.98 Å². The minimum atomic E-state index is 0.704. The third kappa shape index (κ3) is 1.54. The minimum Gasteiger partial charge on any atom is -0.354 e. The van der Waals surface area contributed by atoms with Crippen LogP contribution in [0, 0.1) is 13.8 Å². The van der Waals surface area contributed by atoms with Crippen molar-refractivity contribution in [2.24, 2.45) is 0 Å². The number of hydrogen-bond donors (Lipinski definition) is 1. The molecule has 0 saturated carbocycles. The van der Waals surface area contributed by atoms with Crippen LogP contribution in [0.1, 0.15) is 21.5 Å². The summed E-state index contributed by atoms with van der Waals surface area (Å²) in [6.45, 7) is 4.24. The fourth-order valence-electron chi connectivity index (χ4n) is 3.24. The molecule has 1 N–H and O–H groups in total. The Morgan fingerprint density at radius 2 is 1.90 bits per heavy atom. The molecule has 2 aromatic carbocycles. The molecular weight excluding hydrogens is 260 g/mol. The molecule has 0 unspecified atom stereocenters. The zero-order valence-electron chi connectivity index (χ0n) is 11.9. The van der Waals surface area contributed by atoms with Crippen molar-refractivity contribution in [3.8, 4) is 0 Å². The van der Waals surface area contributed by atoms with E-state index in [2.05, 4.69) is 29.9 Å². The summed E-state index contributed by atoms with van der Waals surface area (Å²) in [5.41, 5.74) is 5.32. The molecule has 102 valence electrons. The number of benzene rings is 2. The van der Waals surface area contributed by atoms with E-state index >= 15 is 0 Å². The highest BCUT2D eigenvalue weighted by Crippen LogP contribution is 2.36. The Morgan fingerprint density at radius 1 is 1.05 bits per heavy atom. The van der Waals surface area contributed by atoms with E-state index in [0.29, 0.717) is 5.56 Å². The molecule has 0 amide bonds. The molecule has 0 atom stereocenters. The van der Waals surface area contributed by atoms with E-state index in [-0.39, 0.29) is 0 Å². The number of aromatic amines is 1. The Balaban J connectivity index is 2.32. The van der Waals surface area contributed by atoms with E-state index in [1.54, 1.807) is 0 Å². The van der Waals surface area contributed by atoms with Crippen LogP contribution in [0.4, 0.5) is 0 Å². The van der Waals surface area contributed by atoms with Crippen LogP contribution in [-0.2, 0) is 0 Å². The maximum absolute atomic E-state index is 11.1. The number of aldehydes is 1. The highest BCUT2D eigenvalue weighted by molar-refractivity contribution is 6.16. The Morgan fingerprint density at radius 3 is 2.71 bits per heavy atom. The summed E-state index contributed by atoms with van der Waals surface area (Å²) in [6, 6.07) is 7.83. The predicted octanol–water partition coefficient (Wildman–Crippen LogP) is 4.30. The summed E-state index contributed by atoms with van der Waals surface area (Å²) >= 11 is 0. The number of H-pyrrole nitrogens is 1. The van der Waals surface area contributed by atoms with Gasteiger partial charge in [0.05, 0.1) is 5.52 Å². The summed E-state index contributed by atoms with van der Waals surface area (Å²) in [4.78, 5) is 18.8. The smallest absolute Gasteiger partial charge is 0.150 e. The number of rotatable bonds is 1. The third-order valence-electron chi connectivity index (χ3n) is 4.34. The quantitative estimate of drug-likeness (QED) is 0.526. The van der Waals surface area contributed by atoms with Crippen LogP contribution >= 0.6 is 0 Å². The predicted molar refractivity (Wildman–Crippen MR) is 86.0 cm³/mol. The molecule has 2 heterocycles. The number of nitrogens with zero attached hydrogens (tertiary/aromatic N) is 1. The van der Waals surface area contributed by atoms with Gasteiger partial charge in [-0.3, -0.25) is 9.78 Å². The van der Waals surface area contributed by atoms with Gasteiger partial charge in [-0.25, -0.2) is 0 Å². The molecule has 3 heteroatoms. The minimum absolute atomic E-state index is 0.704. The average Bonchev–Trinajstić information content (AvgIpc) is 2.91. The number of fused-ring (bicyclic) bond motifs is 4. The number of carbonyl (C=O) groups is 1. The molecule has 2 aromatic heterocycles. The zero-order valence-corrected chi connectivity index (χ0v) is 11.9. The van der Waals surface area contributed by atoms with Gasteiger partial charge in [0.25, 0.3) is 0 Å². The molecule has 0 spiro atoms. The van der Waals surface area contributed by atoms with Crippen molar-refractivity contribution in [3.05, 3.63) is 53.3 Å². The molecular formula is C18H14N2O. The van der Waals surface area contributed by atoms with E-state index in [1.807, 2.05) is 30.6 Å². The van der Waals surface area contributed by atoms with Crippen molar-refractivity contribution < 1.29 is 4.79 Å². The van der Waals surface area contributed by atoms with Gasteiger partial charge in [-0.15, -0.1) is 0 Å². The zero-order chi connectivity index (χ0) is 14.6. The van der Waals surface area contributed by atoms with E-state index in [1.165, 1.54) is 27.3 Å². The SMILES string of the molecule is Cc1c2cnccc2c(C)c2c1[nH]c1ccc(C=O)cc12. The number of hydrogen-bond acceptors (Lipinski definition) is 2. The van der Waals surface area contributed by atoms with Crippen molar-refractivity contribution in [1.82, 2.24) is 9.97 Å². The average molecular weight is 274 g/mol. The van der Waals surface area contributed by atoms with Gasteiger partial charge in [0.15, 0.2) is 0 Å². The second kappa shape index (κ2) is 4.16. The van der Waals surface area contributed by atoms with Crippen molar-refractivity contribution in [2.45, 2.75) is 13.8 Å². The van der Waals surface area contributed by atoms with Crippen molar-refractivity contribution in [1.29, 1.82) is 0 Å². The molecule has 0 fully saturated rings. The Bertz CT molecular complexity index is 1030. The van der Waals surface area contributed by atoms with Gasteiger partial charge in [-0.05, 0) is 54.6 Å². The summed E-state index contributed by atoms with van der Waals surface area (Å²) in [7, 11) is 0. The van der Waals surface area contributed by atoms with Gasteiger partial charge in [0, 0.05) is 39.6 Å². The lowest BCUT2D eigenvalue weighted by Crippen LogP contribution is -1.87. The Labute approximate surface area is 121 Å². The molecule has 0 aliphatic carbocycles. The molecule has 0 aliphatic heterocycles. The summed E-state index contributed by atoms with van der Waals surface area (Å²) in [6.07, 6.45) is 4.64. The molecule has 0 bridgehead atoms. The molecule has 0 aliphatic rings. The monoisotopic (exact) mass is 274 g/mol. The van der Waals surface area contributed by atoms with Crippen LogP contribution in [0.2, 0.25) is 0 Å². The molecule has 4 aromatic rings. The van der Waals surface area contributed by atoms with Gasteiger partial charge in [-0.1, -0.05) is 0 Å². The molecule has 4 rings (SSSR count). The first-order valence-electron chi connectivity index (χ1n) is 6.94. The number of pyridine rings is 1. The van der Waals surface area contributed by atoms with E-state index in [4.69, 9.17) is 0 Å². The molecule has 0 radical (unpaired) electrons. The highest BCUT2D eigenvalue weighted by atomic mass is 16.1. The molecule has 3 nitrogen and oxygen atoms in total. The fraction of sp³-hybridized carbons (Fsp3) is 0.111. The Hall–Kier alpha value is -2.68. The van der Waals surface area contributed by atoms with E-state index in [9.17, 15) is 4.79 Å². The first-order valence-corrected chi connectivity index (χ1v) is 6.94. The number of aromatic nitrogens is 2. The summed E-state index contributed by atoms with van der Waals surface area (Å²) in [5.74, 6) is 0. The number of nitrogens with one attached hydrogen (secondary N) is 1. The lowest BCUT2D eigenvalue weighted by atomic mass is 9.97. The topological polar surface area (TPSA) is 45.8 Å². The number of carbonyl (C=O) groups excluding carboxylic acids is 1. The maximum atomic E-state index is 11.1. The second-order valence-corrected chi connectivity index (χ2v) is 5.47. The second-order valence-electron chi connectivity index (χ2n) is 5.47. The van der Waals surface area contributed by atoms with Crippen molar-refractivity contribution in [2.75, 3.05) is 0 Å². The van der Waals surface area contributed by atoms with E-state index < -0.39 is 0 Å². The van der Waals surface area contributed by atoms with Crippen molar-refractivity contribution in [3.63, 3.8) is 0 Å². The van der Waals surface area contributed by atoms with Crippen LogP contribution in [0.25, 0.3) is 32.6 Å². The lowest BCUT2D eigenvalue weighted by Gasteiger charge is -2.08. The van der Waals surface area contributed by atoms with Crippen LogP contribution in [0.15, 0.2) is 36.7 Å². The largest absolute Gasteiger partial charge is 0.354 e.